The van der Waals surface area contributed by atoms with E-state index in [1.807, 2.05) is 30.3 Å². The van der Waals surface area contributed by atoms with Gasteiger partial charge in [0.15, 0.2) is 0 Å². The predicted octanol–water partition coefficient (Wildman–Crippen LogP) is 5.33. The van der Waals surface area contributed by atoms with Gasteiger partial charge in [-0.3, -0.25) is 14.0 Å². The van der Waals surface area contributed by atoms with Gasteiger partial charge in [0.1, 0.15) is 11.4 Å². The summed E-state index contributed by atoms with van der Waals surface area (Å²) in [7, 11) is 1.59. The number of hydrogen-bond donors (Lipinski definition) is 1. The maximum absolute atomic E-state index is 13.5. The lowest BCUT2D eigenvalue weighted by molar-refractivity contribution is -0.114. The molecule has 1 aliphatic carbocycles. The topological polar surface area (TPSA) is 85.2 Å². The third-order valence-corrected chi connectivity index (χ3v) is 6.61. The number of nitrogens with one attached hydrogen (secondary N) is 1. The molecule has 7 nitrogen and oxygen atoms in total. The first-order valence-electron chi connectivity index (χ1n) is 12.3. The van der Waals surface area contributed by atoms with E-state index < -0.39 is 0 Å². The molecule has 2 aromatic carbocycles. The predicted molar refractivity (Wildman–Crippen MR) is 145 cm³/mol. The number of carbonyl (C=O) groups is 1. The molecule has 2 atom stereocenters. The Hall–Kier alpha value is -4.23. The van der Waals surface area contributed by atoms with Gasteiger partial charge < -0.3 is 14.8 Å². The Morgan fingerprint density at radius 1 is 1.05 bits per heavy atom. The van der Waals surface area contributed by atoms with Crippen LogP contribution in [0.3, 0.4) is 0 Å². The fourth-order valence-corrected chi connectivity index (χ4v) is 4.72. The second-order valence-corrected chi connectivity index (χ2v) is 9.15. The molecule has 1 saturated heterocycles. The molecule has 2 aromatic heterocycles. The van der Waals surface area contributed by atoms with Gasteiger partial charge >= 0.3 is 0 Å². The van der Waals surface area contributed by atoms with Crippen molar-refractivity contribution >= 4 is 22.8 Å². The van der Waals surface area contributed by atoms with Crippen molar-refractivity contribution in [3.05, 3.63) is 101 Å². The number of aromatic nitrogens is 2. The minimum atomic E-state index is -0.205. The summed E-state index contributed by atoms with van der Waals surface area (Å²) in [6.07, 6.45) is 7.20. The van der Waals surface area contributed by atoms with Crippen LogP contribution in [0.25, 0.3) is 22.3 Å². The molecule has 2 aliphatic rings. The average Bonchev–Trinajstić information content (AvgIpc) is 3.52. The second-order valence-electron chi connectivity index (χ2n) is 9.15. The van der Waals surface area contributed by atoms with Gasteiger partial charge in [-0.2, -0.15) is 0 Å². The molecule has 1 saturated carbocycles. The lowest BCUT2D eigenvalue weighted by Gasteiger charge is -2.15. The zero-order valence-electron chi connectivity index (χ0n) is 20.9. The summed E-state index contributed by atoms with van der Waals surface area (Å²) in [5.74, 6) is 0.486. The van der Waals surface area contributed by atoms with Crippen molar-refractivity contribution in [3.8, 4) is 16.9 Å². The van der Waals surface area contributed by atoms with Crippen LogP contribution in [-0.4, -0.2) is 34.6 Å². The number of pyridine rings is 1. The Balaban J connectivity index is 0.000000403. The van der Waals surface area contributed by atoms with Gasteiger partial charge in [0.2, 0.25) is 5.91 Å². The molecule has 188 valence electrons. The van der Waals surface area contributed by atoms with Crippen LogP contribution in [0.2, 0.25) is 0 Å². The second kappa shape index (κ2) is 10.4. The highest BCUT2D eigenvalue weighted by atomic mass is 16.6. The van der Waals surface area contributed by atoms with E-state index in [1.54, 1.807) is 49.7 Å². The minimum Gasteiger partial charge on any atom is -0.496 e. The molecular formula is C30H29N3O4. The molecule has 6 rings (SSSR count). The largest absolute Gasteiger partial charge is 0.496 e. The van der Waals surface area contributed by atoms with Crippen LogP contribution in [0.4, 0.5) is 5.69 Å². The van der Waals surface area contributed by atoms with Gasteiger partial charge in [0.05, 0.1) is 30.6 Å². The van der Waals surface area contributed by atoms with Crippen LogP contribution in [0.1, 0.15) is 37.4 Å². The van der Waals surface area contributed by atoms with Gasteiger partial charge in [-0.1, -0.05) is 43.0 Å². The van der Waals surface area contributed by atoms with Gasteiger partial charge in [-0.05, 0) is 55.2 Å². The smallest absolute Gasteiger partial charge is 0.266 e. The van der Waals surface area contributed by atoms with Gasteiger partial charge in [0, 0.05) is 29.9 Å². The summed E-state index contributed by atoms with van der Waals surface area (Å²) in [5, 5.41) is 2.73. The third-order valence-electron chi connectivity index (χ3n) is 6.61. The summed E-state index contributed by atoms with van der Waals surface area (Å²) in [6, 6.07) is 20.0. The third kappa shape index (κ3) is 5.17. The Labute approximate surface area is 215 Å². The summed E-state index contributed by atoms with van der Waals surface area (Å²) in [6.45, 7) is 5.69. The molecule has 0 bridgehead atoms. The number of benzene rings is 2. The van der Waals surface area contributed by atoms with E-state index in [-0.39, 0.29) is 11.5 Å². The molecule has 1 aliphatic heterocycles. The number of carbonyl (C=O) groups excluding carboxylic acids is 1. The van der Waals surface area contributed by atoms with E-state index >= 15 is 0 Å². The maximum Gasteiger partial charge on any atom is 0.266 e. The van der Waals surface area contributed by atoms with Crippen LogP contribution >= 0.6 is 0 Å². The normalized spacial score (nSPS) is 17.4. The Kier molecular flexibility index (Phi) is 6.88. The van der Waals surface area contributed by atoms with E-state index in [2.05, 4.69) is 11.9 Å². The zero-order chi connectivity index (χ0) is 25.9. The standard InChI is InChI=1S/C25H21N3O3.C5H8O/c1-16(20-8-4-5-9-21(20)31-3)24-23(18-11-13-19(14-12-18)26-17(2)29)25(30)28-15-7-6-10-22(28)27-24;1-2-4-5(3-1)6-4/h4-15H,1H2,2-3H3,(H,26,29);4-5H,1-3H2. The van der Waals surface area contributed by atoms with Gasteiger partial charge in [-0.15, -0.1) is 0 Å². The molecule has 3 heterocycles. The first-order valence-corrected chi connectivity index (χ1v) is 12.3. The molecule has 0 spiro atoms. The number of amides is 1. The van der Waals surface area contributed by atoms with Crippen LogP contribution in [-0.2, 0) is 9.53 Å². The van der Waals surface area contributed by atoms with E-state index in [1.165, 1.54) is 30.6 Å². The molecule has 2 unspecified atom stereocenters. The van der Waals surface area contributed by atoms with Crippen LogP contribution in [0.15, 0.2) is 84.3 Å². The molecule has 4 aromatic rings. The van der Waals surface area contributed by atoms with Crippen LogP contribution < -0.4 is 15.6 Å². The van der Waals surface area contributed by atoms with Gasteiger partial charge in [-0.25, -0.2) is 4.98 Å². The van der Waals surface area contributed by atoms with Crippen molar-refractivity contribution in [2.45, 2.75) is 38.4 Å². The number of methoxy groups -OCH3 is 1. The summed E-state index contributed by atoms with van der Waals surface area (Å²) >= 11 is 0. The van der Waals surface area contributed by atoms with Crippen LogP contribution in [0.5, 0.6) is 5.75 Å². The summed E-state index contributed by atoms with van der Waals surface area (Å²) in [5.41, 5.74) is 3.89. The van der Waals surface area contributed by atoms with Crippen molar-refractivity contribution in [1.82, 2.24) is 9.38 Å². The van der Waals surface area contributed by atoms with Gasteiger partial charge in [0.25, 0.3) is 5.56 Å². The number of fused-ring (bicyclic) bond motifs is 2. The van der Waals surface area contributed by atoms with Crippen molar-refractivity contribution < 1.29 is 14.3 Å². The van der Waals surface area contributed by atoms with E-state index in [0.29, 0.717) is 51.7 Å². The molecule has 7 heteroatoms. The highest BCUT2D eigenvalue weighted by molar-refractivity contribution is 5.90. The van der Waals surface area contributed by atoms with Crippen molar-refractivity contribution in [3.63, 3.8) is 0 Å². The maximum atomic E-state index is 13.5. The van der Waals surface area contributed by atoms with E-state index in [0.717, 1.165) is 5.56 Å². The summed E-state index contributed by atoms with van der Waals surface area (Å²) < 4.78 is 12.2. The molecule has 0 radical (unpaired) electrons. The van der Waals surface area contributed by atoms with Crippen molar-refractivity contribution in [2.24, 2.45) is 0 Å². The quantitative estimate of drug-likeness (QED) is 0.379. The number of hydrogen-bond acceptors (Lipinski definition) is 5. The Morgan fingerprint density at radius 3 is 2.38 bits per heavy atom. The molecule has 1 N–H and O–H groups in total. The fraction of sp³-hybridized carbons (Fsp3) is 0.233. The average molecular weight is 496 g/mol. The highest BCUT2D eigenvalue weighted by Gasteiger charge is 2.42. The fourth-order valence-electron chi connectivity index (χ4n) is 4.72. The molecule has 37 heavy (non-hydrogen) atoms. The molecule has 2 fully saturated rings. The van der Waals surface area contributed by atoms with E-state index in [4.69, 9.17) is 14.5 Å². The summed E-state index contributed by atoms with van der Waals surface area (Å²) in [4.78, 5) is 29.6. The first kappa shape index (κ1) is 24.5. The number of para-hydroxylation sites is 1. The Bertz CT molecular complexity index is 1520. The number of nitrogens with zero attached hydrogens (tertiary/aromatic N) is 2. The first-order chi connectivity index (χ1) is 18.0. The van der Waals surface area contributed by atoms with Crippen LogP contribution in [0, 0.1) is 0 Å². The van der Waals surface area contributed by atoms with Crippen molar-refractivity contribution in [1.29, 1.82) is 0 Å². The Morgan fingerprint density at radius 2 is 1.76 bits per heavy atom. The molecular weight excluding hydrogens is 466 g/mol. The molecule has 1 amide bonds. The van der Waals surface area contributed by atoms with Crippen molar-refractivity contribution in [2.75, 3.05) is 12.4 Å². The minimum absolute atomic E-state index is 0.162. The van der Waals surface area contributed by atoms with E-state index in [9.17, 15) is 9.59 Å². The number of epoxide rings is 1. The number of ether oxygens (including phenoxy) is 2. The monoisotopic (exact) mass is 495 g/mol. The SMILES string of the molecule is C1CC2OC2C1.C=C(c1ccccc1OC)c1nc2ccccn2c(=O)c1-c1ccc(NC(C)=O)cc1. The lowest BCUT2D eigenvalue weighted by atomic mass is 9.96. The lowest BCUT2D eigenvalue weighted by Crippen LogP contribution is -2.19. The number of rotatable bonds is 5. The highest BCUT2D eigenvalue weighted by Crippen LogP contribution is 2.37. The zero-order valence-corrected chi connectivity index (χ0v) is 20.9. The number of anilines is 1.